The molecule has 0 N–H and O–H groups in total. The van der Waals surface area contributed by atoms with Crippen LogP contribution in [0, 0.1) is 0 Å². The fourth-order valence-corrected chi connectivity index (χ4v) is 1.51. The summed E-state index contributed by atoms with van der Waals surface area (Å²) in [5, 5.41) is 0. The molecule has 0 unspecified atom stereocenters. The molecule has 0 bridgehead atoms. The number of esters is 1. The fourth-order valence-electron chi connectivity index (χ4n) is 1.51. The Morgan fingerprint density at radius 3 is 2.75 bits per heavy atom. The number of nitrogens with zero attached hydrogens (tertiary/aromatic N) is 2. The van der Waals surface area contributed by atoms with Gasteiger partial charge in [-0.2, -0.15) is 0 Å². The number of benzene rings is 1. The highest BCUT2D eigenvalue weighted by Gasteiger charge is 2.15. The molecule has 5 heteroatoms. The van der Waals surface area contributed by atoms with Crippen LogP contribution in [0.15, 0.2) is 29.1 Å². The van der Waals surface area contributed by atoms with Crippen LogP contribution in [0.4, 0.5) is 0 Å². The summed E-state index contributed by atoms with van der Waals surface area (Å²) in [6.07, 6.45) is 0. The maximum atomic E-state index is 11.8. The normalized spacial score (nSPS) is 10.4. The molecule has 0 saturated carbocycles. The smallest absolute Gasteiger partial charge is 0.362 e. The number of hydrogen-bond acceptors (Lipinski definition) is 4. The molecule has 0 aliphatic carbocycles. The third-order valence-corrected chi connectivity index (χ3v) is 2.36. The number of fused-ring (bicyclic) bond motifs is 1. The molecule has 82 valence electrons. The van der Waals surface area contributed by atoms with Crippen LogP contribution in [-0.4, -0.2) is 22.6 Å². The highest BCUT2D eigenvalue weighted by molar-refractivity contribution is 5.89. The zero-order valence-electron chi connectivity index (χ0n) is 8.93. The maximum Gasteiger partial charge on any atom is 0.362 e. The quantitative estimate of drug-likeness (QED) is 0.662. The van der Waals surface area contributed by atoms with Crippen molar-refractivity contribution in [2.75, 3.05) is 7.11 Å². The van der Waals surface area contributed by atoms with Crippen LogP contribution in [0.5, 0.6) is 0 Å². The van der Waals surface area contributed by atoms with Crippen LogP contribution < -0.4 is 5.56 Å². The van der Waals surface area contributed by atoms with Crippen molar-refractivity contribution in [3.05, 3.63) is 40.3 Å². The molecule has 2 aromatic rings. The van der Waals surface area contributed by atoms with Crippen molar-refractivity contribution in [3.8, 4) is 0 Å². The van der Waals surface area contributed by atoms with Gasteiger partial charge in [0.1, 0.15) is 0 Å². The Labute approximate surface area is 91.3 Å². The molecule has 5 nitrogen and oxygen atoms in total. The standard InChI is InChI=1S/C11H10N2O3/c1-13-8-6-4-3-5-7(8)12-9(10(13)14)11(15)16-2/h3-6H,1-2H3. The van der Waals surface area contributed by atoms with E-state index in [2.05, 4.69) is 9.72 Å². The van der Waals surface area contributed by atoms with Gasteiger partial charge in [0.25, 0.3) is 5.56 Å². The number of aryl methyl sites for hydroxylation is 1. The lowest BCUT2D eigenvalue weighted by Crippen LogP contribution is -2.27. The minimum atomic E-state index is -0.716. The van der Waals surface area contributed by atoms with E-state index in [9.17, 15) is 9.59 Å². The fraction of sp³-hybridized carbons (Fsp3) is 0.182. The molecular formula is C11H10N2O3. The number of aromatic nitrogens is 2. The lowest BCUT2D eigenvalue weighted by atomic mass is 10.3. The molecule has 1 aromatic heterocycles. The number of carbonyl (C=O) groups excluding carboxylic acids is 1. The lowest BCUT2D eigenvalue weighted by molar-refractivity contribution is 0.0591. The van der Waals surface area contributed by atoms with Crippen molar-refractivity contribution in [3.63, 3.8) is 0 Å². The Hall–Kier alpha value is -2.17. The van der Waals surface area contributed by atoms with Gasteiger partial charge in [0.05, 0.1) is 18.1 Å². The predicted molar refractivity (Wildman–Crippen MR) is 58.3 cm³/mol. The molecule has 16 heavy (non-hydrogen) atoms. The number of ether oxygens (including phenoxy) is 1. The first-order valence-electron chi connectivity index (χ1n) is 4.69. The number of para-hydroxylation sites is 2. The van der Waals surface area contributed by atoms with E-state index in [1.54, 1.807) is 31.3 Å². The maximum absolute atomic E-state index is 11.8. The van der Waals surface area contributed by atoms with Crippen LogP contribution in [0.1, 0.15) is 10.5 Å². The van der Waals surface area contributed by atoms with Gasteiger partial charge in [-0.15, -0.1) is 0 Å². The van der Waals surface area contributed by atoms with Gasteiger partial charge in [-0.3, -0.25) is 4.79 Å². The third kappa shape index (κ3) is 1.46. The highest BCUT2D eigenvalue weighted by Crippen LogP contribution is 2.08. The molecule has 0 saturated heterocycles. The van der Waals surface area contributed by atoms with Crippen molar-refractivity contribution >= 4 is 17.0 Å². The molecule has 0 atom stereocenters. The number of methoxy groups -OCH3 is 1. The van der Waals surface area contributed by atoms with Gasteiger partial charge >= 0.3 is 5.97 Å². The number of rotatable bonds is 1. The SMILES string of the molecule is COC(=O)c1nc2ccccc2n(C)c1=O. The molecular weight excluding hydrogens is 208 g/mol. The molecule has 2 rings (SSSR count). The summed E-state index contributed by atoms with van der Waals surface area (Å²) < 4.78 is 5.89. The first-order valence-corrected chi connectivity index (χ1v) is 4.69. The summed E-state index contributed by atoms with van der Waals surface area (Å²) in [6, 6.07) is 7.11. The van der Waals surface area contributed by atoms with Crippen molar-refractivity contribution in [2.45, 2.75) is 0 Å². The molecule has 0 spiro atoms. The molecule has 1 heterocycles. The Bertz CT molecular complexity index is 616. The average Bonchev–Trinajstić information content (AvgIpc) is 2.33. The zero-order valence-corrected chi connectivity index (χ0v) is 8.93. The highest BCUT2D eigenvalue weighted by atomic mass is 16.5. The largest absolute Gasteiger partial charge is 0.464 e. The predicted octanol–water partition coefficient (Wildman–Crippen LogP) is 0.720. The van der Waals surface area contributed by atoms with E-state index in [0.29, 0.717) is 11.0 Å². The van der Waals surface area contributed by atoms with Crippen LogP contribution in [0.2, 0.25) is 0 Å². The average molecular weight is 218 g/mol. The topological polar surface area (TPSA) is 61.2 Å². The van der Waals surface area contributed by atoms with Crippen molar-refractivity contribution in [2.24, 2.45) is 7.05 Å². The van der Waals surface area contributed by atoms with Crippen molar-refractivity contribution < 1.29 is 9.53 Å². The Morgan fingerprint density at radius 2 is 2.06 bits per heavy atom. The van der Waals surface area contributed by atoms with E-state index < -0.39 is 11.5 Å². The number of hydrogen-bond donors (Lipinski definition) is 0. The first-order chi connectivity index (χ1) is 7.65. The Balaban J connectivity index is 2.84. The van der Waals surface area contributed by atoms with Crippen LogP contribution in [-0.2, 0) is 11.8 Å². The van der Waals surface area contributed by atoms with E-state index in [0.717, 1.165) is 0 Å². The Kier molecular flexibility index (Phi) is 2.44. The van der Waals surface area contributed by atoms with Crippen molar-refractivity contribution in [1.82, 2.24) is 9.55 Å². The summed E-state index contributed by atoms with van der Waals surface area (Å²) in [4.78, 5) is 27.1. The van der Waals surface area contributed by atoms with E-state index in [-0.39, 0.29) is 5.69 Å². The molecule has 1 aromatic carbocycles. The third-order valence-electron chi connectivity index (χ3n) is 2.36. The zero-order chi connectivity index (χ0) is 11.7. The molecule has 0 fully saturated rings. The molecule has 0 aliphatic rings. The van der Waals surface area contributed by atoms with Gasteiger partial charge in [-0.05, 0) is 12.1 Å². The molecule has 0 aliphatic heterocycles. The summed E-state index contributed by atoms with van der Waals surface area (Å²) in [5.74, 6) is -0.716. The van der Waals surface area contributed by atoms with E-state index >= 15 is 0 Å². The second-order valence-electron chi connectivity index (χ2n) is 3.30. The minimum absolute atomic E-state index is 0.191. The summed E-state index contributed by atoms with van der Waals surface area (Å²) >= 11 is 0. The van der Waals surface area contributed by atoms with Gasteiger partial charge in [-0.1, -0.05) is 12.1 Å². The summed E-state index contributed by atoms with van der Waals surface area (Å²) in [5.41, 5.74) is 0.624. The summed E-state index contributed by atoms with van der Waals surface area (Å²) in [7, 11) is 2.82. The van der Waals surface area contributed by atoms with Crippen molar-refractivity contribution in [1.29, 1.82) is 0 Å². The second kappa shape index (κ2) is 3.77. The van der Waals surface area contributed by atoms with Gasteiger partial charge in [0.15, 0.2) is 0 Å². The van der Waals surface area contributed by atoms with Gasteiger partial charge in [0, 0.05) is 7.05 Å². The second-order valence-corrected chi connectivity index (χ2v) is 3.30. The Morgan fingerprint density at radius 1 is 1.38 bits per heavy atom. The van der Waals surface area contributed by atoms with Gasteiger partial charge in [-0.25, -0.2) is 9.78 Å². The van der Waals surface area contributed by atoms with Gasteiger partial charge < -0.3 is 9.30 Å². The van der Waals surface area contributed by atoms with E-state index in [1.807, 2.05) is 0 Å². The van der Waals surface area contributed by atoms with E-state index in [4.69, 9.17) is 0 Å². The van der Waals surface area contributed by atoms with Gasteiger partial charge in [0.2, 0.25) is 5.69 Å². The van der Waals surface area contributed by atoms with Crippen LogP contribution >= 0.6 is 0 Å². The molecule has 0 radical (unpaired) electrons. The lowest BCUT2D eigenvalue weighted by Gasteiger charge is -2.05. The van der Waals surface area contributed by atoms with Crippen LogP contribution in [0.25, 0.3) is 11.0 Å². The summed E-state index contributed by atoms with van der Waals surface area (Å²) in [6.45, 7) is 0. The van der Waals surface area contributed by atoms with E-state index in [1.165, 1.54) is 11.7 Å². The first kappa shape index (κ1) is 10.4. The van der Waals surface area contributed by atoms with Crippen LogP contribution in [0.3, 0.4) is 0 Å². The minimum Gasteiger partial charge on any atom is -0.464 e. The molecule has 0 amide bonds. The number of carbonyl (C=O) groups is 1. The monoisotopic (exact) mass is 218 g/mol.